The topological polar surface area (TPSA) is 66.2 Å². The molecule has 23 heavy (non-hydrogen) atoms. The van der Waals surface area contributed by atoms with Gasteiger partial charge in [-0.3, -0.25) is 0 Å². The molecule has 0 atom stereocenters. The Hall–Kier alpha value is -2.89. The number of fused-ring (bicyclic) bond motifs is 1. The second-order valence-corrected chi connectivity index (χ2v) is 5.12. The molecule has 0 bridgehead atoms. The highest BCUT2D eigenvalue weighted by Crippen LogP contribution is 2.20. The molecule has 3 aromatic rings. The zero-order valence-corrected chi connectivity index (χ0v) is 13.2. The van der Waals surface area contributed by atoms with Crippen LogP contribution < -0.4 is 4.74 Å². The van der Waals surface area contributed by atoms with Gasteiger partial charge in [0, 0.05) is 6.20 Å². The number of rotatable bonds is 4. The van der Waals surface area contributed by atoms with Gasteiger partial charge in [0.15, 0.2) is 5.65 Å². The third-order valence-electron chi connectivity index (χ3n) is 3.73. The third-order valence-corrected chi connectivity index (χ3v) is 3.73. The van der Waals surface area contributed by atoms with Gasteiger partial charge in [-0.2, -0.15) is 0 Å². The molecule has 0 aliphatic rings. The first-order chi connectivity index (χ1) is 11.1. The average molecular weight is 311 g/mol. The van der Waals surface area contributed by atoms with E-state index < -0.39 is 5.97 Å². The number of esters is 1. The van der Waals surface area contributed by atoms with Crippen molar-refractivity contribution in [2.24, 2.45) is 0 Å². The molecule has 0 radical (unpaired) electrons. The van der Waals surface area contributed by atoms with Gasteiger partial charge in [-0.05, 0) is 30.7 Å². The number of carbonyl (C=O) groups excluding carboxylic acids is 1. The number of aryl methyl sites for hydroxylation is 1. The van der Waals surface area contributed by atoms with Crippen LogP contribution in [0, 0.1) is 6.92 Å². The number of nitrogens with zero attached hydrogens (tertiary/aromatic N) is 3. The van der Waals surface area contributed by atoms with Crippen molar-refractivity contribution < 1.29 is 14.3 Å². The lowest BCUT2D eigenvalue weighted by atomic mass is 10.2. The SMILES string of the molecule is COC(=O)c1ccnc2c1nc(C)n2Cc1ccc(OC)cc1. The predicted molar refractivity (Wildman–Crippen MR) is 85.7 cm³/mol. The molecule has 6 heteroatoms. The minimum atomic E-state index is -0.411. The maximum Gasteiger partial charge on any atom is 0.340 e. The lowest BCUT2D eigenvalue weighted by Crippen LogP contribution is -2.05. The Labute approximate surface area is 133 Å². The summed E-state index contributed by atoms with van der Waals surface area (Å²) in [5.41, 5.74) is 2.75. The maximum absolute atomic E-state index is 11.9. The molecule has 1 aromatic carbocycles. The van der Waals surface area contributed by atoms with Crippen LogP contribution in [-0.2, 0) is 11.3 Å². The van der Waals surface area contributed by atoms with E-state index in [2.05, 4.69) is 9.97 Å². The van der Waals surface area contributed by atoms with Crippen molar-refractivity contribution in [3.8, 4) is 5.75 Å². The standard InChI is InChI=1S/C17H17N3O3/c1-11-19-15-14(17(21)23-3)8-9-18-16(15)20(11)10-12-4-6-13(22-2)7-5-12/h4-9H,10H2,1-3H3. The molecule has 2 aromatic heterocycles. The monoisotopic (exact) mass is 311 g/mol. The molecule has 0 aliphatic heterocycles. The van der Waals surface area contributed by atoms with Gasteiger partial charge < -0.3 is 14.0 Å². The van der Waals surface area contributed by atoms with Crippen LogP contribution in [0.15, 0.2) is 36.5 Å². The summed E-state index contributed by atoms with van der Waals surface area (Å²) < 4.78 is 12.0. The highest BCUT2D eigenvalue weighted by Gasteiger charge is 2.17. The van der Waals surface area contributed by atoms with Crippen molar-refractivity contribution in [2.75, 3.05) is 14.2 Å². The quantitative estimate of drug-likeness (QED) is 0.693. The maximum atomic E-state index is 11.9. The van der Waals surface area contributed by atoms with Gasteiger partial charge in [0.05, 0.1) is 26.3 Å². The van der Waals surface area contributed by atoms with E-state index in [9.17, 15) is 4.79 Å². The van der Waals surface area contributed by atoms with Gasteiger partial charge in [0.25, 0.3) is 0 Å². The molecule has 0 aliphatic carbocycles. The largest absolute Gasteiger partial charge is 0.497 e. The first-order valence-corrected chi connectivity index (χ1v) is 7.17. The van der Waals surface area contributed by atoms with E-state index in [4.69, 9.17) is 9.47 Å². The number of methoxy groups -OCH3 is 2. The Bertz CT molecular complexity index is 853. The van der Waals surface area contributed by atoms with E-state index >= 15 is 0 Å². The summed E-state index contributed by atoms with van der Waals surface area (Å²) in [5, 5.41) is 0. The second-order valence-electron chi connectivity index (χ2n) is 5.12. The fourth-order valence-corrected chi connectivity index (χ4v) is 2.50. The average Bonchev–Trinajstić information content (AvgIpc) is 2.90. The Morgan fingerprint density at radius 1 is 1.17 bits per heavy atom. The normalized spacial score (nSPS) is 10.7. The zero-order valence-electron chi connectivity index (χ0n) is 13.2. The van der Waals surface area contributed by atoms with Crippen molar-refractivity contribution in [2.45, 2.75) is 13.5 Å². The number of benzene rings is 1. The highest BCUT2D eigenvalue weighted by atomic mass is 16.5. The van der Waals surface area contributed by atoms with Crippen molar-refractivity contribution in [3.05, 3.63) is 53.5 Å². The van der Waals surface area contributed by atoms with Crippen molar-refractivity contribution >= 4 is 17.1 Å². The van der Waals surface area contributed by atoms with Crippen LogP contribution in [0.2, 0.25) is 0 Å². The van der Waals surface area contributed by atoms with Crippen LogP contribution in [0.4, 0.5) is 0 Å². The van der Waals surface area contributed by atoms with Gasteiger partial charge in [-0.1, -0.05) is 12.1 Å². The van der Waals surface area contributed by atoms with E-state index in [-0.39, 0.29) is 0 Å². The fourth-order valence-electron chi connectivity index (χ4n) is 2.50. The Morgan fingerprint density at radius 3 is 2.57 bits per heavy atom. The van der Waals surface area contributed by atoms with Crippen LogP contribution in [0.5, 0.6) is 5.75 Å². The number of pyridine rings is 1. The molecule has 0 N–H and O–H groups in total. The van der Waals surface area contributed by atoms with Crippen LogP contribution >= 0.6 is 0 Å². The van der Waals surface area contributed by atoms with E-state index in [1.54, 1.807) is 19.4 Å². The summed E-state index contributed by atoms with van der Waals surface area (Å²) in [6, 6.07) is 9.44. The van der Waals surface area contributed by atoms with E-state index in [1.807, 2.05) is 35.8 Å². The first kappa shape index (κ1) is 15.0. The molecule has 0 unspecified atom stereocenters. The summed E-state index contributed by atoms with van der Waals surface area (Å²) >= 11 is 0. The molecular weight excluding hydrogens is 294 g/mol. The van der Waals surface area contributed by atoms with Crippen LogP contribution in [-0.4, -0.2) is 34.7 Å². The van der Waals surface area contributed by atoms with Crippen LogP contribution in [0.1, 0.15) is 21.7 Å². The molecule has 0 saturated heterocycles. The highest BCUT2D eigenvalue weighted by molar-refractivity contribution is 6.00. The number of ether oxygens (including phenoxy) is 2. The molecule has 0 fully saturated rings. The van der Waals surface area contributed by atoms with Gasteiger partial charge in [0.2, 0.25) is 0 Å². The summed E-state index contributed by atoms with van der Waals surface area (Å²) in [6.07, 6.45) is 1.60. The van der Waals surface area contributed by atoms with Gasteiger partial charge in [-0.25, -0.2) is 14.8 Å². The van der Waals surface area contributed by atoms with E-state index in [0.29, 0.717) is 23.3 Å². The van der Waals surface area contributed by atoms with Gasteiger partial charge in [0.1, 0.15) is 17.1 Å². The summed E-state index contributed by atoms with van der Waals surface area (Å²) in [5.74, 6) is 1.19. The molecular formula is C17H17N3O3. The number of aromatic nitrogens is 3. The van der Waals surface area contributed by atoms with Crippen LogP contribution in [0.3, 0.4) is 0 Å². The number of hydrogen-bond donors (Lipinski definition) is 0. The zero-order chi connectivity index (χ0) is 16.4. The van der Waals surface area contributed by atoms with Crippen molar-refractivity contribution in [1.82, 2.24) is 14.5 Å². The van der Waals surface area contributed by atoms with E-state index in [1.165, 1.54) is 7.11 Å². The Kier molecular flexibility index (Phi) is 3.97. The summed E-state index contributed by atoms with van der Waals surface area (Å²) in [7, 11) is 3.00. The lowest BCUT2D eigenvalue weighted by Gasteiger charge is -2.07. The third kappa shape index (κ3) is 2.75. The minimum Gasteiger partial charge on any atom is -0.497 e. The predicted octanol–water partition coefficient (Wildman–Crippen LogP) is 2.58. The van der Waals surface area contributed by atoms with E-state index in [0.717, 1.165) is 17.1 Å². The van der Waals surface area contributed by atoms with Gasteiger partial charge >= 0.3 is 5.97 Å². The summed E-state index contributed by atoms with van der Waals surface area (Å²) in [4.78, 5) is 20.7. The van der Waals surface area contributed by atoms with Crippen molar-refractivity contribution in [3.63, 3.8) is 0 Å². The number of hydrogen-bond acceptors (Lipinski definition) is 5. The second kappa shape index (κ2) is 6.08. The molecule has 0 saturated carbocycles. The Morgan fingerprint density at radius 2 is 1.91 bits per heavy atom. The van der Waals surface area contributed by atoms with Gasteiger partial charge in [-0.15, -0.1) is 0 Å². The molecule has 2 heterocycles. The summed E-state index contributed by atoms with van der Waals surface area (Å²) in [6.45, 7) is 2.51. The Balaban J connectivity index is 2.03. The molecule has 3 rings (SSSR count). The molecule has 0 amide bonds. The smallest absolute Gasteiger partial charge is 0.340 e. The number of imidazole rings is 1. The number of carbonyl (C=O) groups is 1. The van der Waals surface area contributed by atoms with Crippen LogP contribution in [0.25, 0.3) is 11.2 Å². The molecule has 0 spiro atoms. The molecule has 118 valence electrons. The lowest BCUT2D eigenvalue weighted by molar-refractivity contribution is 0.0602. The first-order valence-electron chi connectivity index (χ1n) is 7.17. The fraction of sp³-hybridized carbons (Fsp3) is 0.235. The van der Waals surface area contributed by atoms with Crippen molar-refractivity contribution in [1.29, 1.82) is 0 Å². The minimum absolute atomic E-state index is 0.411. The molecule has 6 nitrogen and oxygen atoms in total.